The molecule has 2 atom stereocenters. The van der Waals surface area contributed by atoms with Crippen LogP contribution in [-0.4, -0.2) is 24.1 Å². The summed E-state index contributed by atoms with van der Waals surface area (Å²) in [4.78, 5) is 28.0. The van der Waals surface area contributed by atoms with Gasteiger partial charge in [-0.15, -0.1) is 0 Å². The molecule has 2 bridgehead atoms. The van der Waals surface area contributed by atoms with Gasteiger partial charge in [0, 0.05) is 40.5 Å². The third-order valence-corrected chi connectivity index (χ3v) is 4.89. The molecule has 1 aromatic heterocycles. The molecule has 4 N–H and O–H groups in total. The van der Waals surface area contributed by atoms with Gasteiger partial charge in [0.2, 0.25) is 11.9 Å². The van der Waals surface area contributed by atoms with Crippen molar-refractivity contribution in [3.8, 4) is 11.1 Å². The summed E-state index contributed by atoms with van der Waals surface area (Å²) in [6.45, 7) is 1.84. The first kappa shape index (κ1) is 19.8. The SMILES string of the molecule is COC(=O)Nc1ccc2c(c1)NC(=O)C(C)CCC[C@H](N)c1cc-2cnc1F. The van der Waals surface area contributed by atoms with Gasteiger partial charge < -0.3 is 15.8 Å². The van der Waals surface area contributed by atoms with Gasteiger partial charge in [-0.25, -0.2) is 9.78 Å². The predicted octanol–water partition coefficient (Wildman–Crippen LogP) is 3.82. The lowest BCUT2D eigenvalue weighted by Crippen LogP contribution is -2.22. The Kier molecular flexibility index (Phi) is 5.89. The monoisotopic (exact) mass is 386 g/mol. The molecule has 0 saturated heterocycles. The molecule has 0 aliphatic carbocycles. The molecule has 8 heteroatoms. The minimum absolute atomic E-state index is 0.138. The van der Waals surface area contributed by atoms with Crippen molar-refractivity contribution in [2.75, 3.05) is 17.7 Å². The first-order valence-corrected chi connectivity index (χ1v) is 9.10. The van der Waals surface area contributed by atoms with Crippen molar-refractivity contribution >= 4 is 23.4 Å². The van der Waals surface area contributed by atoms with Crippen LogP contribution < -0.4 is 16.4 Å². The number of carbonyl (C=O) groups is 2. The van der Waals surface area contributed by atoms with Crippen LogP contribution in [0.1, 0.15) is 37.8 Å². The van der Waals surface area contributed by atoms with E-state index < -0.39 is 18.1 Å². The number of hydrogen-bond donors (Lipinski definition) is 3. The van der Waals surface area contributed by atoms with Gasteiger partial charge in [0.05, 0.1) is 12.8 Å². The van der Waals surface area contributed by atoms with Gasteiger partial charge in [-0.3, -0.25) is 10.1 Å². The van der Waals surface area contributed by atoms with Crippen LogP contribution in [0, 0.1) is 11.9 Å². The molecule has 2 amide bonds. The van der Waals surface area contributed by atoms with E-state index in [1.54, 1.807) is 24.3 Å². The molecule has 0 fully saturated rings. The third kappa shape index (κ3) is 4.28. The van der Waals surface area contributed by atoms with Crippen molar-refractivity contribution in [1.29, 1.82) is 0 Å². The number of ether oxygens (including phenoxy) is 1. The molecule has 7 nitrogen and oxygen atoms in total. The van der Waals surface area contributed by atoms with E-state index in [1.807, 2.05) is 6.92 Å². The highest BCUT2D eigenvalue weighted by atomic mass is 19.1. The van der Waals surface area contributed by atoms with Crippen LogP contribution in [0.2, 0.25) is 0 Å². The summed E-state index contributed by atoms with van der Waals surface area (Å²) in [6, 6.07) is 6.19. The van der Waals surface area contributed by atoms with Crippen LogP contribution in [0.3, 0.4) is 0 Å². The lowest BCUT2D eigenvalue weighted by molar-refractivity contribution is -0.119. The highest BCUT2D eigenvalue weighted by Crippen LogP contribution is 2.34. The second kappa shape index (κ2) is 8.35. The summed E-state index contributed by atoms with van der Waals surface area (Å²) in [5.41, 5.74) is 8.74. The van der Waals surface area contributed by atoms with Gasteiger partial charge in [-0.2, -0.15) is 4.39 Å². The average molecular weight is 386 g/mol. The zero-order chi connectivity index (χ0) is 20.3. The maximum Gasteiger partial charge on any atom is 0.411 e. The Labute approximate surface area is 162 Å². The number of nitrogens with zero attached hydrogens (tertiary/aromatic N) is 1. The molecule has 28 heavy (non-hydrogen) atoms. The number of fused-ring (bicyclic) bond motifs is 4. The third-order valence-electron chi connectivity index (χ3n) is 4.89. The van der Waals surface area contributed by atoms with E-state index in [0.29, 0.717) is 47.3 Å². The van der Waals surface area contributed by atoms with Gasteiger partial charge in [-0.05, 0) is 31.0 Å². The zero-order valence-electron chi connectivity index (χ0n) is 15.8. The number of nitrogens with two attached hydrogens (primary N) is 1. The van der Waals surface area contributed by atoms with Crippen LogP contribution in [-0.2, 0) is 9.53 Å². The largest absolute Gasteiger partial charge is 0.453 e. The number of methoxy groups -OCH3 is 1. The Morgan fingerprint density at radius 3 is 2.89 bits per heavy atom. The normalized spacial score (nSPS) is 19.5. The molecule has 1 aliphatic heterocycles. The fraction of sp³-hybridized carbons (Fsp3) is 0.350. The van der Waals surface area contributed by atoms with Crippen LogP contribution >= 0.6 is 0 Å². The number of aromatic nitrogens is 1. The number of nitrogens with one attached hydrogen (secondary N) is 2. The number of rotatable bonds is 1. The van der Waals surface area contributed by atoms with E-state index in [9.17, 15) is 14.0 Å². The maximum atomic E-state index is 14.2. The number of amides is 2. The van der Waals surface area contributed by atoms with Crippen LogP contribution in [0.25, 0.3) is 11.1 Å². The quantitative estimate of drug-likeness (QED) is 0.646. The molecule has 1 unspecified atom stereocenters. The first-order valence-electron chi connectivity index (χ1n) is 9.10. The highest BCUT2D eigenvalue weighted by Gasteiger charge is 2.21. The Morgan fingerprint density at radius 1 is 1.36 bits per heavy atom. The fourth-order valence-corrected chi connectivity index (χ4v) is 3.20. The predicted molar refractivity (Wildman–Crippen MR) is 104 cm³/mol. The van der Waals surface area contributed by atoms with Crippen molar-refractivity contribution < 1.29 is 18.7 Å². The van der Waals surface area contributed by atoms with E-state index >= 15 is 0 Å². The molecule has 1 aliphatic rings. The Hall–Kier alpha value is -3.00. The van der Waals surface area contributed by atoms with E-state index in [2.05, 4.69) is 20.4 Å². The number of benzene rings is 1. The molecule has 3 rings (SSSR count). The first-order chi connectivity index (χ1) is 13.4. The van der Waals surface area contributed by atoms with E-state index in [0.717, 1.165) is 0 Å². The van der Waals surface area contributed by atoms with Crippen molar-refractivity contribution in [3.05, 3.63) is 42.0 Å². The van der Waals surface area contributed by atoms with E-state index in [-0.39, 0.29) is 11.8 Å². The van der Waals surface area contributed by atoms with Crippen LogP contribution in [0.4, 0.5) is 20.6 Å². The summed E-state index contributed by atoms with van der Waals surface area (Å²) < 4.78 is 18.8. The van der Waals surface area contributed by atoms with Crippen LogP contribution in [0.15, 0.2) is 30.5 Å². The molecule has 1 aromatic carbocycles. The molecular formula is C20H23FN4O3. The number of carbonyl (C=O) groups excluding carboxylic acids is 2. The topological polar surface area (TPSA) is 106 Å². The number of pyridine rings is 1. The zero-order valence-corrected chi connectivity index (χ0v) is 15.8. The smallest absolute Gasteiger partial charge is 0.411 e. The van der Waals surface area contributed by atoms with Gasteiger partial charge >= 0.3 is 6.09 Å². The number of hydrogen-bond acceptors (Lipinski definition) is 5. The van der Waals surface area contributed by atoms with Crippen molar-refractivity contribution in [1.82, 2.24) is 4.98 Å². The lowest BCUT2D eigenvalue weighted by atomic mass is 9.94. The number of anilines is 2. The molecule has 2 aromatic rings. The van der Waals surface area contributed by atoms with Crippen molar-refractivity contribution in [2.24, 2.45) is 11.7 Å². The second-order valence-electron chi connectivity index (χ2n) is 6.91. The molecule has 2 heterocycles. The Morgan fingerprint density at radius 2 is 2.14 bits per heavy atom. The molecule has 0 spiro atoms. The highest BCUT2D eigenvalue weighted by molar-refractivity contribution is 5.98. The lowest BCUT2D eigenvalue weighted by Gasteiger charge is -2.20. The van der Waals surface area contributed by atoms with Gasteiger partial charge in [0.15, 0.2) is 0 Å². The van der Waals surface area contributed by atoms with Gasteiger partial charge in [-0.1, -0.05) is 19.4 Å². The summed E-state index contributed by atoms with van der Waals surface area (Å²) in [6.07, 6.45) is 2.66. The molecular weight excluding hydrogens is 363 g/mol. The minimum atomic E-state index is -0.621. The second-order valence-corrected chi connectivity index (χ2v) is 6.91. The summed E-state index contributed by atoms with van der Waals surface area (Å²) in [5, 5.41) is 5.48. The molecule has 0 radical (unpaired) electrons. The van der Waals surface area contributed by atoms with Crippen molar-refractivity contribution in [2.45, 2.75) is 32.2 Å². The Bertz CT molecular complexity index is 903. The summed E-state index contributed by atoms with van der Waals surface area (Å²) in [7, 11) is 1.27. The maximum absolute atomic E-state index is 14.2. The minimum Gasteiger partial charge on any atom is -0.453 e. The van der Waals surface area contributed by atoms with Crippen molar-refractivity contribution in [3.63, 3.8) is 0 Å². The number of halogens is 1. The van der Waals surface area contributed by atoms with Gasteiger partial charge in [0.1, 0.15) is 0 Å². The Balaban J connectivity index is 2.11. The fourth-order valence-electron chi connectivity index (χ4n) is 3.20. The standard InChI is InChI=1S/C20H23FN4O3/c1-11-4-3-5-16(22)15-8-12(10-23-18(15)21)14-7-6-13(24-20(27)28-2)9-17(14)25-19(11)26/h6-11,16H,3-5,22H2,1-2H3,(H,24,27)(H,25,26)/t11?,16-/m0/s1. The summed E-state index contributed by atoms with van der Waals surface area (Å²) >= 11 is 0. The van der Waals surface area contributed by atoms with E-state index in [4.69, 9.17) is 5.73 Å². The summed E-state index contributed by atoms with van der Waals surface area (Å²) in [5.74, 6) is -0.963. The van der Waals surface area contributed by atoms with Crippen LogP contribution in [0.5, 0.6) is 0 Å². The van der Waals surface area contributed by atoms with Gasteiger partial charge in [0.25, 0.3) is 0 Å². The van der Waals surface area contributed by atoms with E-state index in [1.165, 1.54) is 13.3 Å². The molecule has 0 saturated carbocycles. The molecule has 148 valence electrons. The average Bonchev–Trinajstić information content (AvgIpc) is 2.67.